The largest absolute Gasteiger partial charge is 0.491 e. The molecule has 0 bridgehead atoms. The number of rotatable bonds is 6. The highest BCUT2D eigenvalue weighted by Crippen LogP contribution is 2.22. The van der Waals surface area contributed by atoms with Crippen molar-refractivity contribution < 1.29 is 24.2 Å². The van der Waals surface area contributed by atoms with E-state index in [4.69, 9.17) is 14.6 Å². The fraction of sp³-hybridized carbons (Fsp3) is 0.294. The second kappa shape index (κ2) is 7.46. The number of carbonyl (C=O) groups is 2. The Labute approximate surface area is 143 Å². The van der Waals surface area contributed by atoms with E-state index in [0.717, 1.165) is 30.8 Å². The maximum Gasteiger partial charge on any atom is 0.345 e. The van der Waals surface area contributed by atoms with Crippen LogP contribution in [0.4, 0.5) is 5.69 Å². The first kappa shape index (κ1) is 16.5. The molecular formula is C17H17NO5S. The molecule has 1 aliphatic heterocycles. The highest BCUT2D eigenvalue weighted by Gasteiger charge is 2.16. The monoisotopic (exact) mass is 347 g/mol. The molecule has 0 radical (unpaired) electrons. The van der Waals surface area contributed by atoms with Crippen LogP contribution in [-0.4, -0.2) is 36.3 Å². The van der Waals surface area contributed by atoms with Crippen LogP contribution in [0.1, 0.15) is 32.2 Å². The number of carboxylic acid groups (broad SMARTS) is 1. The Morgan fingerprint density at radius 1 is 1.29 bits per heavy atom. The smallest absolute Gasteiger partial charge is 0.345 e. The molecule has 2 aromatic rings. The van der Waals surface area contributed by atoms with E-state index in [1.807, 2.05) is 6.07 Å². The number of carbonyl (C=O) groups excluding carboxylic acids is 1. The van der Waals surface area contributed by atoms with Gasteiger partial charge in [0.05, 0.1) is 11.0 Å². The minimum absolute atomic E-state index is 0.129. The van der Waals surface area contributed by atoms with Gasteiger partial charge in [-0.2, -0.15) is 0 Å². The third-order valence-corrected chi connectivity index (χ3v) is 4.66. The van der Waals surface area contributed by atoms with Gasteiger partial charge < -0.3 is 19.9 Å². The average molecular weight is 347 g/mol. The standard InChI is InChI=1S/C17H17NO5S/c19-16(14-6-7-15(24-14)17(20)21)18-11-3-1-4-12(9-11)23-10-13-5-2-8-22-13/h1,3-4,6-7,9,13H,2,5,8,10H2,(H,18,19)(H,20,21). The fourth-order valence-electron chi connectivity index (χ4n) is 2.40. The minimum Gasteiger partial charge on any atom is -0.491 e. The predicted octanol–water partition coefficient (Wildman–Crippen LogP) is 3.26. The van der Waals surface area contributed by atoms with E-state index in [9.17, 15) is 9.59 Å². The molecule has 0 aliphatic carbocycles. The average Bonchev–Trinajstić information content (AvgIpc) is 3.25. The number of hydrogen-bond donors (Lipinski definition) is 2. The van der Waals surface area contributed by atoms with E-state index in [1.54, 1.807) is 18.2 Å². The Bertz CT molecular complexity index is 736. The number of thiophene rings is 1. The van der Waals surface area contributed by atoms with Crippen molar-refractivity contribution in [2.45, 2.75) is 18.9 Å². The molecule has 6 nitrogen and oxygen atoms in total. The van der Waals surface area contributed by atoms with Crippen molar-refractivity contribution in [3.63, 3.8) is 0 Å². The van der Waals surface area contributed by atoms with Crippen molar-refractivity contribution in [2.24, 2.45) is 0 Å². The van der Waals surface area contributed by atoms with Crippen molar-refractivity contribution in [3.05, 3.63) is 46.2 Å². The summed E-state index contributed by atoms with van der Waals surface area (Å²) in [5.41, 5.74) is 0.593. The summed E-state index contributed by atoms with van der Waals surface area (Å²) in [5.74, 6) is -0.729. The lowest BCUT2D eigenvalue weighted by Gasteiger charge is -2.12. The van der Waals surface area contributed by atoms with E-state index in [-0.39, 0.29) is 16.9 Å². The number of nitrogens with one attached hydrogen (secondary N) is 1. The predicted molar refractivity (Wildman–Crippen MR) is 90.1 cm³/mol. The molecule has 0 spiro atoms. The van der Waals surface area contributed by atoms with Crippen LogP contribution in [0.25, 0.3) is 0 Å². The van der Waals surface area contributed by atoms with Crippen LogP contribution >= 0.6 is 11.3 Å². The van der Waals surface area contributed by atoms with E-state index in [2.05, 4.69) is 5.32 Å². The Morgan fingerprint density at radius 2 is 2.12 bits per heavy atom. The molecule has 1 atom stereocenters. The van der Waals surface area contributed by atoms with Gasteiger partial charge >= 0.3 is 5.97 Å². The van der Waals surface area contributed by atoms with Crippen LogP contribution in [0.2, 0.25) is 0 Å². The van der Waals surface area contributed by atoms with Gasteiger partial charge in [-0.3, -0.25) is 4.79 Å². The van der Waals surface area contributed by atoms with Crippen LogP contribution in [0, 0.1) is 0 Å². The van der Waals surface area contributed by atoms with Crippen molar-refractivity contribution in [1.29, 1.82) is 0 Å². The molecule has 1 aliphatic rings. The van der Waals surface area contributed by atoms with Gasteiger partial charge in [-0.1, -0.05) is 6.07 Å². The molecule has 24 heavy (non-hydrogen) atoms. The first-order chi connectivity index (χ1) is 11.6. The summed E-state index contributed by atoms with van der Waals surface area (Å²) in [6.07, 6.45) is 2.19. The Morgan fingerprint density at radius 3 is 2.83 bits per heavy atom. The van der Waals surface area contributed by atoms with Crippen molar-refractivity contribution in [2.75, 3.05) is 18.5 Å². The summed E-state index contributed by atoms with van der Waals surface area (Å²) in [7, 11) is 0. The van der Waals surface area contributed by atoms with Crippen LogP contribution in [-0.2, 0) is 4.74 Å². The number of benzene rings is 1. The summed E-state index contributed by atoms with van der Waals surface area (Å²) in [6, 6.07) is 10.0. The minimum atomic E-state index is -1.04. The zero-order valence-corrected chi connectivity index (χ0v) is 13.7. The van der Waals surface area contributed by atoms with Crippen molar-refractivity contribution in [1.82, 2.24) is 0 Å². The molecule has 1 aromatic carbocycles. The lowest BCUT2D eigenvalue weighted by molar-refractivity contribution is 0.0679. The van der Waals surface area contributed by atoms with Crippen LogP contribution in [0.15, 0.2) is 36.4 Å². The van der Waals surface area contributed by atoms with E-state index >= 15 is 0 Å². The number of hydrogen-bond acceptors (Lipinski definition) is 5. The van der Waals surface area contributed by atoms with Crippen LogP contribution in [0.5, 0.6) is 5.75 Å². The van der Waals surface area contributed by atoms with Crippen molar-refractivity contribution in [3.8, 4) is 5.75 Å². The summed E-state index contributed by atoms with van der Waals surface area (Å²) >= 11 is 0.940. The number of anilines is 1. The summed E-state index contributed by atoms with van der Waals surface area (Å²) in [6.45, 7) is 1.27. The number of aromatic carboxylic acids is 1. The maximum absolute atomic E-state index is 12.2. The fourth-order valence-corrected chi connectivity index (χ4v) is 3.14. The molecule has 2 N–H and O–H groups in total. The Kier molecular flexibility index (Phi) is 5.12. The van der Waals surface area contributed by atoms with E-state index < -0.39 is 5.97 Å². The topological polar surface area (TPSA) is 84.9 Å². The second-order valence-corrected chi connectivity index (χ2v) is 6.48. The van der Waals surface area contributed by atoms with E-state index in [1.165, 1.54) is 12.1 Å². The van der Waals surface area contributed by atoms with Gasteiger partial charge in [0, 0.05) is 18.4 Å². The lowest BCUT2D eigenvalue weighted by atomic mass is 10.2. The summed E-state index contributed by atoms with van der Waals surface area (Å²) in [5, 5.41) is 11.7. The molecule has 0 saturated carbocycles. The highest BCUT2D eigenvalue weighted by molar-refractivity contribution is 7.15. The summed E-state index contributed by atoms with van der Waals surface area (Å²) < 4.78 is 11.2. The zero-order chi connectivity index (χ0) is 16.9. The van der Waals surface area contributed by atoms with Gasteiger partial charge in [-0.05, 0) is 37.1 Å². The summed E-state index contributed by atoms with van der Waals surface area (Å²) in [4.78, 5) is 23.5. The van der Waals surface area contributed by atoms with Gasteiger partial charge in [0.15, 0.2) is 0 Å². The Hall–Kier alpha value is -2.38. The van der Waals surface area contributed by atoms with Gasteiger partial charge in [0.2, 0.25) is 0 Å². The molecule has 1 unspecified atom stereocenters. The lowest BCUT2D eigenvalue weighted by Crippen LogP contribution is -2.16. The Balaban J connectivity index is 1.60. The first-order valence-corrected chi connectivity index (χ1v) is 8.42. The van der Waals surface area contributed by atoms with Gasteiger partial charge in [0.1, 0.15) is 17.2 Å². The first-order valence-electron chi connectivity index (χ1n) is 7.61. The molecule has 1 aromatic heterocycles. The van der Waals surface area contributed by atoms with Gasteiger partial charge in [-0.25, -0.2) is 4.79 Å². The second-order valence-electron chi connectivity index (χ2n) is 5.40. The highest BCUT2D eigenvalue weighted by atomic mass is 32.1. The molecular weight excluding hydrogens is 330 g/mol. The number of ether oxygens (including phenoxy) is 2. The zero-order valence-electron chi connectivity index (χ0n) is 12.9. The van der Waals surface area contributed by atoms with Crippen molar-refractivity contribution >= 4 is 28.9 Å². The molecule has 3 rings (SSSR count). The quantitative estimate of drug-likeness (QED) is 0.838. The third kappa shape index (κ3) is 4.12. The third-order valence-electron chi connectivity index (χ3n) is 3.59. The van der Waals surface area contributed by atoms with Crippen LogP contribution < -0.4 is 10.1 Å². The molecule has 2 heterocycles. The maximum atomic E-state index is 12.2. The molecule has 1 fully saturated rings. The molecule has 1 amide bonds. The number of carboxylic acids is 1. The van der Waals surface area contributed by atoms with Crippen LogP contribution in [0.3, 0.4) is 0 Å². The molecule has 1 saturated heterocycles. The normalized spacial score (nSPS) is 16.8. The molecule has 126 valence electrons. The molecule has 7 heteroatoms. The van der Waals surface area contributed by atoms with Gasteiger partial charge in [0.25, 0.3) is 5.91 Å². The number of amides is 1. The SMILES string of the molecule is O=C(O)c1ccc(C(=O)Nc2cccc(OCC3CCCO3)c2)s1. The van der Waals surface area contributed by atoms with Gasteiger partial charge in [-0.15, -0.1) is 11.3 Å². The van der Waals surface area contributed by atoms with E-state index in [0.29, 0.717) is 22.9 Å².